The largest absolute Gasteiger partial charge is 0.396 e. The minimum Gasteiger partial charge on any atom is -0.396 e. The minimum absolute atomic E-state index is 0.0951. The van der Waals surface area contributed by atoms with Crippen molar-refractivity contribution in [2.45, 2.75) is 45.7 Å². The van der Waals surface area contributed by atoms with Gasteiger partial charge in [0.25, 0.3) is 0 Å². The molecule has 0 spiro atoms. The van der Waals surface area contributed by atoms with E-state index in [4.69, 9.17) is 0 Å². The maximum Gasteiger partial charge on any atom is 0.0476 e. The van der Waals surface area contributed by atoms with Gasteiger partial charge in [0.1, 0.15) is 0 Å². The second kappa shape index (κ2) is 5.41. The van der Waals surface area contributed by atoms with E-state index in [9.17, 15) is 5.11 Å². The second-order valence-electron chi connectivity index (χ2n) is 6.08. The number of benzene rings is 1. The van der Waals surface area contributed by atoms with Crippen molar-refractivity contribution in [2.24, 2.45) is 5.92 Å². The van der Waals surface area contributed by atoms with Crippen LogP contribution in [0.3, 0.4) is 0 Å². The highest BCUT2D eigenvalue weighted by atomic mass is 16.3. The van der Waals surface area contributed by atoms with Gasteiger partial charge in [-0.1, -0.05) is 29.8 Å². The molecule has 0 amide bonds. The Kier molecular flexibility index (Phi) is 4.08. The summed E-state index contributed by atoms with van der Waals surface area (Å²) in [5.41, 5.74) is 2.77. The molecule has 1 aliphatic rings. The van der Waals surface area contributed by atoms with Crippen molar-refractivity contribution >= 4 is 0 Å². The molecule has 1 heterocycles. The highest BCUT2D eigenvalue weighted by Crippen LogP contribution is 2.34. The van der Waals surface area contributed by atoms with E-state index in [1.807, 2.05) is 0 Å². The molecule has 100 valence electrons. The smallest absolute Gasteiger partial charge is 0.0476 e. The first-order valence-electron chi connectivity index (χ1n) is 6.95. The van der Waals surface area contributed by atoms with Gasteiger partial charge in [0.2, 0.25) is 0 Å². The molecule has 2 rings (SSSR count). The number of aliphatic hydroxyl groups is 1. The fraction of sp³-hybridized carbons (Fsp3) is 0.625. The summed E-state index contributed by atoms with van der Waals surface area (Å²) in [5.74, 6) is 0.400. The molecule has 1 saturated heterocycles. The van der Waals surface area contributed by atoms with Crippen LogP contribution in [0.15, 0.2) is 24.3 Å². The van der Waals surface area contributed by atoms with Gasteiger partial charge in [-0.05, 0) is 51.6 Å². The van der Waals surface area contributed by atoms with Gasteiger partial charge in [-0.15, -0.1) is 0 Å². The van der Waals surface area contributed by atoms with Gasteiger partial charge in [0.05, 0.1) is 0 Å². The third-order valence-corrected chi connectivity index (χ3v) is 4.51. The van der Waals surface area contributed by atoms with E-state index in [0.717, 1.165) is 19.5 Å². The van der Waals surface area contributed by atoms with Gasteiger partial charge in [0, 0.05) is 18.7 Å². The van der Waals surface area contributed by atoms with Crippen LogP contribution in [-0.4, -0.2) is 28.7 Å². The van der Waals surface area contributed by atoms with Crippen LogP contribution in [-0.2, 0) is 6.54 Å². The molecular weight excluding hydrogens is 222 g/mol. The third-order valence-electron chi connectivity index (χ3n) is 4.51. The number of aliphatic hydroxyl groups excluding tert-OH is 1. The molecule has 1 aromatic carbocycles. The Bertz CT molecular complexity index is 383. The van der Waals surface area contributed by atoms with Crippen LogP contribution in [0.5, 0.6) is 0 Å². The first kappa shape index (κ1) is 13.6. The highest BCUT2D eigenvalue weighted by molar-refractivity contribution is 5.21. The molecule has 1 N–H and O–H groups in total. The highest BCUT2D eigenvalue weighted by Gasteiger charge is 2.37. The van der Waals surface area contributed by atoms with Crippen LogP contribution in [0.4, 0.5) is 0 Å². The zero-order valence-corrected chi connectivity index (χ0v) is 11.8. The number of piperidine rings is 1. The third kappa shape index (κ3) is 2.76. The molecule has 1 fully saturated rings. The van der Waals surface area contributed by atoms with Crippen molar-refractivity contribution in [1.82, 2.24) is 4.90 Å². The summed E-state index contributed by atoms with van der Waals surface area (Å²) in [4.78, 5) is 2.52. The zero-order valence-electron chi connectivity index (χ0n) is 11.8. The number of nitrogens with zero attached hydrogens (tertiary/aromatic N) is 1. The molecule has 1 aromatic rings. The minimum atomic E-state index is 0.0951. The van der Waals surface area contributed by atoms with Crippen molar-refractivity contribution in [3.8, 4) is 0 Å². The van der Waals surface area contributed by atoms with Crippen LogP contribution < -0.4 is 0 Å². The molecule has 2 nitrogen and oxygen atoms in total. The summed E-state index contributed by atoms with van der Waals surface area (Å²) >= 11 is 0. The maximum atomic E-state index is 9.52. The molecule has 1 aliphatic heterocycles. The lowest BCUT2D eigenvalue weighted by molar-refractivity contribution is -0.00993. The molecular formula is C16H25NO. The molecule has 18 heavy (non-hydrogen) atoms. The van der Waals surface area contributed by atoms with Crippen molar-refractivity contribution in [2.75, 3.05) is 13.2 Å². The summed E-state index contributed by atoms with van der Waals surface area (Å²) in [7, 11) is 0. The maximum absolute atomic E-state index is 9.52. The van der Waals surface area contributed by atoms with Crippen molar-refractivity contribution < 1.29 is 5.11 Å². The first-order chi connectivity index (χ1) is 8.54. The van der Waals surface area contributed by atoms with E-state index >= 15 is 0 Å². The Hall–Kier alpha value is -0.860. The van der Waals surface area contributed by atoms with Gasteiger partial charge < -0.3 is 5.11 Å². The molecule has 0 saturated carbocycles. The predicted octanol–water partition coefficient (Wildman–Crippen LogP) is 2.98. The lowest BCUT2D eigenvalue weighted by atomic mass is 9.79. The second-order valence-corrected chi connectivity index (χ2v) is 6.08. The van der Waals surface area contributed by atoms with E-state index < -0.39 is 0 Å². The van der Waals surface area contributed by atoms with Crippen LogP contribution in [0.25, 0.3) is 0 Å². The van der Waals surface area contributed by atoms with E-state index in [1.165, 1.54) is 17.5 Å². The van der Waals surface area contributed by atoms with Gasteiger partial charge >= 0.3 is 0 Å². The summed E-state index contributed by atoms with van der Waals surface area (Å²) in [6.07, 6.45) is 2.34. The molecule has 0 aromatic heterocycles. The van der Waals surface area contributed by atoms with Crippen molar-refractivity contribution in [3.63, 3.8) is 0 Å². The first-order valence-corrected chi connectivity index (χ1v) is 6.95. The van der Waals surface area contributed by atoms with E-state index in [1.54, 1.807) is 0 Å². The molecule has 1 unspecified atom stereocenters. The zero-order chi connectivity index (χ0) is 13.2. The van der Waals surface area contributed by atoms with Gasteiger partial charge in [0.15, 0.2) is 0 Å². The summed E-state index contributed by atoms with van der Waals surface area (Å²) in [6, 6.07) is 8.79. The van der Waals surface area contributed by atoms with Crippen LogP contribution in [0.2, 0.25) is 0 Å². The Morgan fingerprint density at radius 1 is 1.28 bits per heavy atom. The van der Waals surface area contributed by atoms with Crippen LogP contribution >= 0.6 is 0 Å². The number of hydrogen-bond acceptors (Lipinski definition) is 2. The summed E-state index contributed by atoms with van der Waals surface area (Å²) < 4.78 is 0. The molecule has 0 aliphatic carbocycles. The molecule has 0 radical (unpaired) electrons. The van der Waals surface area contributed by atoms with Gasteiger partial charge in [-0.25, -0.2) is 0 Å². The standard InChI is InChI=1S/C16H25NO/c1-13-6-8-14(9-7-13)11-17-10-4-5-15(12-18)16(17,2)3/h6-9,15,18H,4-5,10-12H2,1-3H3. The Labute approximate surface area is 111 Å². The van der Waals surface area contributed by atoms with Crippen molar-refractivity contribution in [3.05, 3.63) is 35.4 Å². The van der Waals surface area contributed by atoms with E-state index in [0.29, 0.717) is 12.5 Å². The van der Waals surface area contributed by atoms with Crippen LogP contribution in [0.1, 0.15) is 37.8 Å². The topological polar surface area (TPSA) is 23.5 Å². The summed E-state index contributed by atoms with van der Waals surface area (Å²) in [6.45, 7) is 9.08. The Morgan fingerprint density at radius 3 is 2.56 bits per heavy atom. The average molecular weight is 247 g/mol. The Balaban J connectivity index is 2.10. The quantitative estimate of drug-likeness (QED) is 0.887. The fourth-order valence-electron chi connectivity index (χ4n) is 2.94. The number of hydrogen-bond donors (Lipinski definition) is 1. The fourth-order valence-corrected chi connectivity index (χ4v) is 2.94. The average Bonchev–Trinajstić information content (AvgIpc) is 2.34. The number of likely N-dealkylation sites (tertiary alicyclic amines) is 1. The van der Waals surface area contributed by atoms with Crippen molar-refractivity contribution in [1.29, 1.82) is 0 Å². The van der Waals surface area contributed by atoms with E-state index in [-0.39, 0.29) is 5.54 Å². The lowest BCUT2D eigenvalue weighted by Gasteiger charge is -2.47. The van der Waals surface area contributed by atoms with Gasteiger partial charge in [-0.3, -0.25) is 4.90 Å². The molecule has 2 heteroatoms. The monoisotopic (exact) mass is 247 g/mol. The predicted molar refractivity (Wildman–Crippen MR) is 75.5 cm³/mol. The molecule has 1 atom stereocenters. The summed E-state index contributed by atoms with van der Waals surface area (Å²) in [5, 5.41) is 9.52. The Morgan fingerprint density at radius 2 is 1.94 bits per heavy atom. The van der Waals surface area contributed by atoms with Crippen LogP contribution in [0, 0.1) is 12.8 Å². The normalized spacial score (nSPS) is 24.1. The van der Waals surface area contributed by atoms with Gasteiger partial charge in [-0.2, -0.15) is 0 Å². The number of rotatable bonds is 3. The SMILES string of the molecule is Cc1ccc(CN2CCCC(CO)C2(C)C)cc1. The number of aryl methyl sites for hydroxylation is 1. The van der Waals surface area contributed by atoms with E-state index in [2.05, 4.69) is 49.9 Å². The molecule has 0 bridgehead atoms. The lowest BCUT2D eigenvalue weighted by Crippen LogP contribution is -2.53.